The van der Waals surface area contributed by atoms with Gasteiger partial charge in [-0.2, -0.15) is 0 Å². The molecule has 0 heterocycles. The Kier molecular flexibility index (Phi) is 3.81. The van der Waals surface area contributed by atoms with Gasteiger partial charge in [0, 0.05) is 0 Å². The molecule has 0 saturated carbocycles. The molecule has 16 heavy (non-hydrogen) atoms. The zero-order valence-corrected chi connectivity index (χ0v) is 9.15. The summed E-state index contributed by atoms with van der Waals surface area (Å²) in [5.41, 5.74) is 0.359. The second kappa shape index (κ2) is 4.91. The Labute approximate surface area is 93.3 Å². The second-order valence-electron chi connectivity index (χ2n) is 3.19. The van der Waals surface area contributed by atoms with Gasteiger partial charge in [0.1, 0.15) is 0 Å². The average molecular weight is 241 g/mol. The van der Waals surface area contributed by atoms with E-state index in [0.29, 0.717) is 5.56 Å². The van der Waals surface area contributed by atoms with Gasteiger partial charge in [0.25, 0.3) is 0 Å². The maximum absolute atomic E-state index is 10.8. The summed E-state index contributed by atoms with van der Waals surface area (Å²) >= 11 is 0. The summed E-state index contributed by atoms with van der Waals surface area (Å²) in [5.74, 6) is -1.98. The molecule has 0 amide bonds. The normalized spacial score (nSPS) is 12.4. The molecular formula is C10H11NO4S. The molecule has 0 aliphatic carbocycles. The van der Waals surface area contributed by atoms with E-state index in [-0.39, 0.29) is 5.57 Å². The van der Waals surface area contributed by atoms with Crippen molar-refractivity contribution in [2.24, 2.45) is 5.14 Å². The summed E-state index contributed by atoms with van der Waals surface area (Å²) < 4.78 is 21.6. The predicted molar refractivity (Wildman–Crippen MR) is 60.0 cm³/mol. The molecule has 1 rings (SSSR count). The predicted octanol–water partition coefficient (Wildman–Crippen LogP) is 0.443. The van der Waals surface area contributed by atoms with Crippen LogP contribution in [-0.2, 0) is 14.8 Å². The van der Waals surface area contributed by atoms with Crippen LogP contribution in [0.4, 0.5) is 0 Å². The summed E-state index contributed by atoms with van der Waals surface area (Å²) in [6, 6.07) is 8.57. The van der Waals surface area contributed by atoms with Crippen LogP contribution in [0, 0.1) is 0 Å². The van der Waals surface area contributed by atoms with E-state index in [0.717, 1.165) is 0 Å². The molecule has 1 aromatic rings. The Morgan fingerprint density at radius 1 is 1.31 bits per heavy atom. The highest BCUT2D eigenvalue weighted by molar-refractivity contribution is 7.89. The summed E-state index contributed by atoms with van der Waals surface area (Å²) in [6.07, 6.45) is 1.28. The molecule has 86 valence electrons. The van der Waals surface area contributed by atoms with Crippen molar-refractivity contribution in [3.05, 3.63) is 41.5 Å². The molecule has 0 aliphatic heterocycles. The SMILES string of the molecule is NS(=O)(=O)CC(=Cc1ccccc1)C(=O)O. The lowest BCUT2D eigenvalue weighted by atomic mass is 10.1. The molecule has 6 heteroatoms. The first-order valence-electron chi connectivity index (χ1n) is 4.38. The Morgan fingerprint density at radius 2 is 1.88 bits per heavy atom. The summed E-state index contributed by atoms with van der Waals surface area (Å²) in [5, 5.41) is 13.6. The van der Waals surface area contributed by atoms with Gasteiger partial charge in [-0.25, -0.2) is 18.4 Å². The standard InChI is InChI=1S/C10H11NO4S/c11-16(14,15)7-9(10(12)13)6-8-4-2-1-3-5-8/h1-6H,7H2,(H,12,13)(H2,11,14,15). The van der Waals surface area contributed by atoms with Crippen LogP contribution in [0.1, 0.15) is 5.56 Å². The average Bonchev–Trinajstić information content (AvgIpc) is 2.16. The maximum Gasteiger partial charge on any atom is 0.332 e. The topological polar surface area (TPSA) is 97.5 Å². The van der Waals surface area contributed by atoms with Crippen LogP contribution < -0.4 is 5.14 Å². The van der Waals surface area contributed by atoms with Crippen molar-refractivity contribution in [3.63, 3.8) is 0 Å². The van der Waals surface area contributed by atoms with Crippen LogP contribution in [0.15, 0.2) is 35.9 Å². The van der Waals surface area contributed by atoms with Gasteiger partial charge in [0.05, 0.1) is 11.3 Å². The van der Waals surface area contributed by atoms with Crippen LogP contribution in [0.25, 0.3) is 6.08 Å². The number of rotatable bonds is 4. The van der Waals surface area contributed by atoms with E-state index < -0.39 is 21.7 Å². The maximum atomic E-state index is 10.8. The third kappa shape index (κ3) is 4.24. The Hall–Kier alpha value is -1.66. The molecular weight excluding hydrogens is 230 g/mol. The Bertz CT molecular complexity index is 505. The first-order chi connectivity index (χ1) is 7.38. The number of carboxylic acid groups (broad SMARTS) is 1. The lowest BCUT2D eigenvalue weighted by Crippen LogP contribution is -2.21. The van der Waals surface area contributed by atoms with Gasteiger partial charge < -0.3 is 5.11 Å². The van der Waals surface area contributed by atoms with Gasteiger partial charge in [-0.3, -0.25) is 0 Å². The van der Waals surface area contributed by atoms with Gasteiger partial charge >= 0.3 is 5.97 Å². The van der Waals surface area contributed by atoms with Crippen LogP contribution in [-0.4, -0.2) is 25.2 Å². The Morgan fingerprint density at radius 3 is 2.31 bits per heavy atom. The molecule has 0 atom stereocenters. The van der Waals surface area contributed by atoms with Crippen molar-refractivity contribution >= 4 is 22.1 Å². The minimum Gasteiger partial charge on any atom is -0.478 e. The molecule has 0 fully saturated rings. The fourth-order valence-electron chi connectivity index (χ4n) is 1.13. The van der Waals surface area contributed by atoms with Crippen molar-refractivity contribution in [2.45, 2.75) is 0 Å². The van der Waals surface area contributed by atoms with Crippen molar-refractivity contribution in [1.82, 2.24) is 0 Å². The van der Waals surface area contributed by atoms with Gasteiger partial charge in [-0.1, -0.05) is 30.3 Å². The minimum absolute atomic E-state index is 0.256. The largest absolute Gasteiger partial charge is 0.478 e. The van der Waals surface area contributed by atoms with Crippen molar-refractivity contribution < 1.29 is 18.3 Å². The van der Waals surface area contributed by atoms with Crippen molar-refractivity contribution in [1.29, 1.82) is 0 Å². The van der Waals surface area contributed by atoms with Gasteiger partial charge in [0.15, 0.2) is 0 Å². The number of benzene rings is 1. The van der Waals surface area contributed by atoms with Crippen LogP contribution in [0.2, 0.25) is 0 Å². The van der Waals surface area contributed by atoms with E-state index in [4.69, 9.17) is 10.2 Å². The molecule has 5 nitrogen and oxygen atoms in total. The summed E-state index contributed by atoms with van der Waals surface area (Å²) in [6.45, 7) is 0. The van der Waals surface area contributed by atoms with Crippen LogP contribution in [0.5, 0.6) is 0 Å². The number of carboxylic acids is 1. The highest BCUT2D eigenvalue weighted by Gasteiger charge is 2.14. The molecule has 3 N–H and O–H groups in total. The molecule has 0 saturated heterocycles. The third-order valence-corrected chi connectivity index (χ3v) is 2.49. The summed E-state index contributed by atoms with van der Waals surface area (Å²) in [4.78, 5) is 10.8. The number of primary sulfonamides is 1. The zero-order chi connectivity index (χ0) is 12.2. The number of hydrogen-bond acceptors (Lipinski definition) is 3. The highest BCUT2D eigenvalue weighted by Crippen LogP contribution is 2.08. The van der Waals surface area contributed by atoms with E-state index in [9.17, 15) is 13.2 Å². The first kappa shape index (κ1) is 12.4. The molecule has 0 bridgehead atoms. The smallest absolute Gasteiger partial charge is 0.332 e. The van der Waals surface area contributed by atoms with Gasteiger partial charge in [-0.15, -0.1) is 0 Å². The molecule has 1 aromatic carbocycles. The fourth-order valence-corrected chi connectivity index (χ4v) is 1.77. The van der Waals surface area contributed by atoms with E-state index >= 15 is 0 Å². The monoisotopic (exact) mass is 241 g/mol. The van der Waals surface area contributed by atoms with Crippen molar-refractivity contribution in [2.75, 3.05) is 5.75 Å². The van der Waals surface area contributed by atoms with Crippen LogP contribution in [0.3, 0.4) is 0 Å². The molecule has 0 spiro atoms. The second-order valence-corrected chi connectivity index (χ2v) is 4.81. The summed E-state index contributed by atoms with van der Waals surface area (Å²) in [7, 11) is -3.84. The van der Waals surface area contributed by atoms with E-state index in [1.165, 1.54) is 6.08 Å². The lowest BCUT2D eigenvalue weighted by Gasteiger charge is -2.00. The van der Waals surface area contributed by atoms with Gasteiger partial charge in [-0.05, 0) is 11.6 Å². The van der Waals surface area contributed by atoms with E-state index in [1.807, 2.05) is 0 Å². The zero-order valence-electron chi connectivity index (χ0n) is 8.33. The van der Waals surface area contributed by atoms with E-state index in [1.54, 1.807) is 30.3 Å². The third-order valence-electron chi connectivity index (χ3n) is 1.77. The van der Waals surface area contributed by atoms with E-state index in [2.05, 4.69) is 0 Å². The van der Waals surface area contributed by atoms with Gasteiger partial charge in [0.2, 0.25) is 10.0 Å². The molecule has 0 unspecified atom stereocenters. The number of sulfonamides is 1. The number of aliphatic carboxylic acids is 1. The Balaban J connectivity index is 3.04. The quantitative estimate of drug-likeness (QED) is 0.747. The lowest BCUT2D eigenvalue weighted by molar-refractivity contribution is -0.132. The number of hydrogen-bond donors (Lipinski definition) is 2. The first-order valence-corrected chi connectivity index (χ1v) is 6.09. The molecule has 0 radical (unpaired) electrons. The van der Waals surface area contributed by atoms with Crippen molar-refractivity contribution in [3.8, 4) is 0 Å². The fraction of sp³-hybridized carbons (Fsp3) is 0.100. The highest BCUT2D eigenvalue weighted by atomic mass is 32.2. The molecule has 0 aliphatic rings. The molecule has 0 aromatic heterocycles. The number of carbonyl (C=O) groups is 1. The minimum atomic E-state index is -3.84. The van der Waals surface area contributed by atoms with Crippen LogP contribution >= 0.6 is 0 Å². The number of nitrogens with two attached hydrogens (primary N) is 1.